The molecule has 1 aliphatic heterocycles. The van der Waals surface area contributed by atoms with E-state index < -0.39 is 0 Å². The molecule has 4 nitrogen and oxygen atoms in total. The molecule has 1 aromatic rings. The van der Waals surface area contributed by atoms with Gasteiger partial charge in [0.1, 0.15) is 0 Å². The molecule has 2 heterocycles. The summed E-state index contributed by atoms with van der Waals surface area (Å²) in [7, 11) is 0. The highest BCUT2D eigenvalue weighted by atomic mass is 79.9. The van der Waals surface area contributed by atoms with Gasteiger partial charge in [0.15, 0.2) is 4.67 Å². The second-order valence-corrected chi connectivity index (χ2v) is 5.05. The van der Waals surface area contributed by atoms with Crippen molar-refractivity contribution in [2.24, 2.45) is 5.73 Å². The minimum atomic E-state index is 0.0452. The summed E-state index contributed by atoms with van der Waals surface area (Å²) in [6, 6.07) is 1.99. The van der Waals surface area contributed by atoms with Crippen molar-refractivity contribution in [2.45, 2.75) is 31.7 Å². The van der Waals surface area contributed by atoms with Gasteiger partial charge >= 0.3 is 0 Å². The number of hydrogen-bond donors (Lipinski definition) is 1. The molecule has 0 radical (unpaired) electrons. The van der Waals surface area contributed by atoms with Crippen molar-refractivity contribution >= 4 is 21.8 Å². The number of hydrogen-bond acceptors (Lipinski definition) is 3. The zero-order chi connectivity index (χ0) is 12.3. The second kappa shape index (κ2) is 5.69. The summed E-state index contributed by atoms with van der Waals surface area (Å²) in [4.78, 5) is 14.3. The molecule has 1 unspecified atom stereocenters. The smallest absolute Gasteiger partial charge is 0.258 e. The van der Waals surface area contributed by atoms with Crippen molar-refractivity contribution in [2.75, 3.05) is 13.1 Å². The van der Waals surface area contributed by atoms with Crippen LogP contribution in [-0.2, 0) is 0 Å². The van der Waals surface area contributed by atoms with Crippen LogP contribution in [0.4, 0.5) is 0 Å². The lowest BCUT2D eigenvalue weighted by molar-refractivity contribution is 0.0603. The number of carbonyl (C=O) groups excluding carboxylic acids is 1. The predicted molar refractivity (Wildman–Crippen MR) is 68.8 cm³/mol. The molecule has 1 amide bonds. The fourth-order valence-corrected chi connectivity index (χ4v) is 2.77. The van der Waals surface area contributed by atoms with E-state index in [9.17, 15) is 4.79 Å². The van der Waals surface area contributed by atoms with Gasteiger partial charge in [-0.25, -0.2) is 0 Å². The van der Waals surface area contributed by atoms with E-state index in [-0.39, 0.29) is 11.9 Å². The third-order valence-corrected chi connectivity index (χ3v) is 3.85. The van der Waals surface area contributed by atoms with Crippen molar-refractivity contribution in [1.82, 2.24) is 4.90 Å². The van der Waals surface area contributed by atoms with E-state index in [0.29, 0.717) is 16.8 Å². The topological polar surface area (TPSA) is 59.5 Å². The number of amides is 1. The molecule has 0 spiro atoms. The quantitative estimate of drug-likeness (QED) is 0.932. The van der Waals surface area contributed by atoms with Crippen molar-refractivity contribution < 1.29 is 9.21 Å². The number of halogens is 1. The van der Waals surface area contributed by atoms with Crippen LogP contribution in [0.5, 0.6) is 0 Å². The lowest BCUT2D eigenvalue weighted by Gasteiger charge is -2.35. The molecule has 2 rings (SSSR count). The standard InChI is InChI=1S/C12H17BrN2O2/c13-11-10(5-8-17-11)12(16)15-7-2-1-3-9(15)4-6-14/h5,8-9H,1-4,6-7,14H2. The fourth-order valence-electron chi connectivity index (χ4n) is 2.36. The number of furan rings is 1. The first-order chi connectivity index (χ1) is 8.24. The fraction of sp³-hybridized carbons (Fsp3) is 0.583. The molecule has 1 aromatic heterocycles. The summed E-state index contributed by atoms with van der Waals surface area (Å²) < 4.78 is 5.63. The van der Waals surface area contributed by atoms with E-state index in [1.54, 1.807) is 6.07 Å². The van der Waals surface area contributed by atoms with Gasteiger partial charge in [-0.3, -0.25) is 4.79 Å². The van der Waals surface area contributed by atoms with Gasteiger partial charge in [0, 0.05) is 12.6 Å². The Balaban J connectivity index is 2.14. The molecule has 1 atom stereocenters. The molecule has 0 aromatic carbocycles. The number of likely N-dealkylation sites (tertiary alicyclic amines) is 1. The molecule has 0 bridgehead atoms. The van der Waals surface area contributed by atoms with Crippen LogP contribution in [0.1, 0.15) is 36.0 Å². The Morgan fingerprint density at radius 1 is 1.59 bits per heavy atom. The lowest BCUT2D eigenvalue weighted by atomic mass is 9.98. The second-order valence-electron chi connectivity index (χ2n) is 4.33. The molecule has 1 saturated heterocycles. The molecule has 1 fully saturated rings. The Morgan fingerprint density at radius 3 is 3.06 bits per heavy atom. The number of rotatable bonds is 3. The van der Waals surface area contributed by atoms with Crippen LogP contribution in [0.3, 0.4) is 0 Å². The highest BCUT2D eigenvalue weighted by molar-refractivity contribution is 9.10. The summed E-state index contributed by atoms with van der Waals surface area (Å²) in [5, 5.41) is 0. The Labute approximate surface area is 109 Å². The summed E-state index contributed by atoms with van der Waals surface area (Å²) in [5.41, 5.74) is 6.21. The molecular formula is C12H17BrN2O2. The van der Waals surface area contributed by atoms with Gasteiger partial charge in [0.2, 0.25) is 0 Å². The van der Waals surface area contributed by atoms with E-state index in [1.165, 1.54) is 12.7 Å². The number of carbonyl (C=O) groups is 1. The zero-order valence-corrected chi connectivity index (χ0v) is 11.3. The van der Waals surface area contributed by atoms with Crippen LogP contribution >= 0.6 is 15.9 Å². The van der Waals surface area contributed by atoms with Crippen LogP contribution in [0.25, 0.3) is 0 Å². The van der Waals surface area contributed by atoms with Crippen LogP contribution in [-0.4, -0.2) is 29.9 Å². The van der Waals surface area contributed by atoms with Gasteiger partial charge in [-0.05, 0) is 54.2 Å². The minimum absolute atomic E-state index is 0.0452. The molecular weight excluding hydrogens is 284 g/mol. The Kier molecular flexibility index (Phi) is 4.23. The summed E-state index contributed by atoms with van der Waals surface area (Å²) in [5.74, 6) is 0.0452. The first-order valence-electron chi connectivity index (χ1n) is 5.98. The molecule has 0 saturated carbocycles. The van der Waals surface area contributed by atoms with Gasteiger partial charge in [-0.15, -0.1) is 0 Å². The molecule has 17 heavy (non-hydrogen) atoms. The highest BCUT2D eigenvalue weighted by Gasteiger charge is 2.28. The molecule has 94 valence electrons. The average molecular weight is 301 g/mol. The number of piperidine rings is 1. The highest BCUT2D eigenvalue weighted by Crippen LogP contribution is 2.25. The van der Waals surface area contributed by atoms with E-state index in [0.717, 1.165) is 25.8 Å². The molecule has 2 N–H and O–H groups in total. The van der Waals surface area contributed by atoms with Crippen LogP contribution < -0.4 is 5.73 Å². The van der Waals surface area contributed by atoms with Crippen LogP contribution in [0.2, 0.25) is 0 Å². The van der Waals surface area contributed by atoms with Crippen molar-refractivity contribution in [3.05, 3.63) is 22.6 Å². The summed E-state index contributed by atoms with van der Waals surface area (Å²) in [6.45, 7) is 1.45. The third-order valence-electron chi connectivity index (χ3n) is 3.24. The summed E-state index contributed by atoms with van der Waals surface area (Å²) in [6.07, 6.45) is 5.71. The van der Waals surface area contributed by atoms with E-state index in [2.05, 4.69) is 15.9 Å². The maximum absolute atomic E-state index is 12.4. The van der Waals surface area contributed by atoms with Gasteiger partial charge in [0.25, 0.3) is 5.91 Å². The van der Waals surface area contributed by atoms with Gasteiger partial charge in [-0.1, -0.05) is 0 Å². The minimum Gasteiger partial charge on any atom is -0.457 e. The summed E-state index contributed by atoms with van der Waals surface area (Å²) >= 11 is 3.25. The Hall–Kier alpha value is -0.810. The average Bonchev–Trinajstić information content (AvgIpc) is 2.76. The lowest BCUT2D eigenvalue weighted by Crippen LogP contribution is -2.44. The monoisotopic (exact) mass is 300 g/mol. The van der Waals surface area contributed by atoms with E-state index in [4.69, 9.17) is 10.2 Å². The van der Waals surface area contributed by atoms with Gasteiger partial charge in [0.05, 0.1) is 11.8 Å². The Morgan fingerprint density at radius 2 is 2.41 bits per heavy atom. The van der Waals surface area contributed by atoms with E-state index >= 15 is 0 Å². The largest absolute Gasteiger partial charge is 0.457 e. The number of nitrogens with zero attached hydrogens (tertiary/aromatic N) is 1. The van der Waals surface area contributed by atoms with Crippen LogP contribution in [0.15, 0.2) is 21.4 Å². The first-order valence-corrected chi connectivity index (χ1v) is 6.77. The SMILES string of the molecule is NCCC1CCCCN1C(=O)c1ccoc1Br. The zero-order valence-electron chi connectivity index (χ0n) is 9.69. The van der Waals surface area contributed by atoms with Crippen LogP contribution in [0, 0.1) is 0 Å². The van der Waals surface area contributed by atoms with Crippen molar-refractivity contribution in [3.63, 3.8) is 0 Å². The maximum Gasteiger partial charge on any atom is 0.258 e. The van der Waals surface area contributed by atoms with E-state index in [1.807, 2.05) is 4.90 Å². The number of nitrogens with two attached hydrogens (primary N) is 1. The predicted octanol–water partition coefficient (Wildman–Crippen LogP) is 2.39. The molecule has 0 aliphatic carbocycles. The maximum atomic E-state index is 12.4. The Bertz CT molecular complexity index is 390. The third kappa shape index (κ3) is 2.72. The van der Waals surface area contributed by atoms with Crippen molar-refractivity contribution in [3.8, 4) is 0 Å². The van der Waals surface area contributed by atoms with Gasteiger partial charge in [-0.2, -0.15) is 0 Å². The normalized spacial score (nSPS) is 20.6. The molecule has 1 aliphatic rings. The van der Waals surface area contributed by atoms with Crippen molar-refractivity contribution in [1.29, 1.82) is 0 Å². The van der Waals surface area contributed by atoms with Gasteiger partial charge < -0.3 is 15.1 Å². The first kappa shape index (κ1) is 12.6. The molecule has 5 heteroatoms.